The molecule has 202 valence electrons. The second-order valence-corrected chi connectivity index (χ2v) is 12.1. The van der Waals surface area contributed by atoms with Crippen LogP contribution in [-0.2, 0) is 24.3 Å². The van der Waals surface area contributed by atoms with Gasteiger partial charge in [-0.15, -0.1) is 0 Å². The SMILES string of the molecule is COC(=O)C1(S(=O)(=O)N2CCC(c3ccc(-c4cccc(OCCCO)c4)c(C)c3)CC2)CCOCC1. The van der Waals surface area contributed by atoms with Crippen LogP contribution < -0.4 is 4.74 Å². The van der Waals surface area contributed by atoms with Crippen molar-refractivity contribution in [3.05, 3.63) is 53.6 Å². The van der Waals surface area contributed by atoms with Crippen LogP contribution in [-0.4, -0.2) is 75.2 Å². The number of carbonyl (C=O) groups excluding carboxylic acids is 1. The Bertz CT molecular complexity index is 1180. The molecule has 2 aromatic carbocycles. The fourth-order valence-corrected chi connectivity index (χ4v) is 7.57. The van der Waals surface area contributed by atoms with Gasteiger partial charge in [0.2, 0.25) is 10.0 Å². The molecule has 0 unspecified atom stereocenters. The zero-order valence-electron chi connectivity index (χ0n) is 21.6. The monoisotopic (exact) mass is 531 g/mol. The second kappa shape index (κ2) is 11.9. The lowest BCUT2D eigenvalue weighted by Gasteiger charge is -2.40. The number of benzene rings is 2. The minimum atomic E-state index is -3.87. The zero-order valence-corrected chi connectivity index (χ0v) is 22.5. The highest BCUT2D eigenvalue weighted by Crippen LogP contribution is 2.38. The molecular weight excluding hydrogens is 494 g/mol. The molecule has 2 aliphatic rings. The van der Waals surface area contributed by atoms with Gasteiger partial charge < -0.3 is 19.3 Å². The molecule has 0 saturated carbocycles. The van der Waals surface area contributed by atoms with Gasteiger partial charge in [0.25, 0.3) is 0 Å². The normalized spacial score (nSPS) is 18.9. The highest BCUT2D eigenvalue weighted by atomic mass is 32.2. The molecule has 0 radical (unpaired) electrons. The lowest BCUT2D eigenvalue weighted by molar-refractivity contribution is -0.146. The molecule has 0 bridgehead atoms. The van der Waals surface area contributed by atoms with E-state index < -0.39 is 20.7 Å². The highest BCUT2D eigenvalue weighted by molar-refractivity contribution is 7.91. The van der Waals surface area contributed by atoms with Gasteiger partial charge in [0.1, 0.15) is 5.75 Å². The van der Waals surface area contributed by atoms with Gasteiger partial charge in [-0.25, -0.2) is 12.7 Å². The molecule has 2 fully saturated rings. The summed E-state index contributed by atoms with van der Waals surface area (Å²) in [5.74, 6) is 0.334. The predicted molar refractivity (Wildman–Crippen MR) is 141 cm³/mol. The number of aliphatic hydroxyl groups is 1. The van der Waals surface area contributed by atoms with Crippen molar-refractivity contribution < 1.29 is 32.5 Å². The molecule has 8 nitrogen and oxygen atoms in total. The largest absolute Gasteiger partial charge is 0.493 e. The number of ether oxygens (including phenoxy) is 3. The highest BCUT2D eigenvalue weighted by Gasteiger charge is 2.55. The topological polar surface area (TPSA) is 102 Å². The number of hydrogen-bond donors (Lipinski definition) is 1. The van der Waals surface area contributed by atoms with Crippen molar-refractivity contribution in [2.75, 3.05) is 46.6 Å². The maximum atomic E-state index is 13.6. The van der Waals surface area contributed by atoms with Gasteiger partial charge in [-0.3, -0.25) is 4.79 Å². The molecule has 0 aromatic heterocycles. The molecule has 0 atom stereocenters. The van der Waals surface area contributed by atoms with Crippen molar-refractivity contribution in [1.82, 2.24) is 4.31 Å². The summed E-state index contributed by atoms with van der Waals surface area (Å²) in [6.07, 6.45) is 2.22. The number of carbonyl (C=O) groups is 1. The van der Waals surface area contributed by atoms with Gasteiger partial charge in [-0.1, -0.05) is 30.3 Å². The Morgan fingerprint density at radius 1 is 1.14 bits per heavy atom. The first-order valence-electron chi connectivity index (χ1n) is 12.9. The quantitative estimate of drug-likeness (QED) is 0.389. The molecule has 2 aromatic rings. The summed E-state index contributed by atoms with van der Waals surface area (Å²) in [7, 11) is -2.63. The summed E-state index contributed by atoms with van der Waals surface area (Å²) in [6.45, 7) is 3.87. The molecule has 4 rings (SSSR count). The van der Waals surface area contributed by atoms with Crippen molar-refractivity contribution in [3.8, 4) is 16.9 Å². The molecule has 0 aliphatic carbocycles. The first-order valence-corrected chi connectivity index (χ1v) is 14.4. The Morgan fingerprint density at radius 2 is 1.86 bits per heavy atom. The number of hydrogen-bond acceptors (Lipinski definition) is 7. The average Bonchev–Trinajstić information content (AvgIpc) is 2.93. The van der Waals surface area contributed by atoms with E-state index in [0.29, 0.717) is 39.0 Å². The summed E-state index contributed by atoms with van der Waals surface area (Å²) in [5, 5.41) is 8.97. The summed E-state index contributed by atoms with van der Waals surface area (Å²) in [4.78, 5) is 12.6. The molecule has 1 N–H and O–H groups in total. The van der Waals surface area contributed by atoms with Crippen LogP contribution in [0.5, 0.6) is 5.75 Å². The summed E-state index contributed by atoms with van der Waals surface area (Å²) in [6, 6.07) is 14.4. The molecule has 37 heavy (non-hydrogen) atoms. The van der Waals surface area contributed by atoms with Crippen molar-refractivity contribution in [2.45, 2.75) is 49.7 Å². The third-order valence-electron chi connectivity index (χ3n) is 7.58. The van der Waals surface area contributed by atoms with Gasteiger partial charge >= 0.3 is 5.97 Å². The lowest BCUT2D eigenvalue weighted by atomic mass is 9.87. The molecule has 2 aliphatic heterocycles. The summed E-state index contributed by atoms with van der Waals surface area (Å²) in [5.41, 5.74) is 4.53. The summed E-state index contributed by atoms with van der Waals surface area (Å²) >= 11 is 0. The number of aliphatic hydroxyl groups excluding tert-OH is 1. The maximum Gasteiger partial charge on any atom is 0.328 e. The third kappa shape index (κ3) is 5.70. The van der Waals surface area contributed by atoms with E-state index in [1.54, 1.807) is 0 Å². The van der Waals surface area contributed by atoms with Crippen LogP contribution in [0.2, 0.25) is 0 Å². The third-order valence-corrected chi connectivity index (χ3v) is 10.2. The van der Waals surface area contributed by atoms with Crippen molar-refractivity contribution in [1.29, 1.82) is 0 Å². The number of sulfonamides is 1. The van der Waals surface area contributed by atoms with E-state index in [9.17, 15) is 13.2 Å². The number of rotatable bonds is 9. The van der Waals surface area contributed by atoms with Crippen molar-refractivity contribution in [2.24, 2.45) is 0 Å². The Balaban J connectivity index is 1.45. The van der Waals surface area contributed by atoms with Crippen LogP contribution in [0.1, 0.15) is 49.1 Å². The zero-order chi connectivity index (χ0) is 26.5. The van der Waals surface area contributed by atoms with E-state index >= 15 is 0 Å². The molecule has 9 heteroatoms. The number of nitrogens with zero attached hydrogens (tertiary/aromatic N) is 1. The molecule has 2 saturated heterocycles. The van der Waals surface area contributed by atoms with Crippen LogP contribution in [0.4, 0.5) is 0 Å². The maximum absolute atomic E-state index is 13.6. The van der Waals surface area contributed by atoms with E-state index in [-0.39, 0.29) is 38.6 Å². The predicted octanol–water partition coefficient (Wildman–Crippen LogP) is 3.65. The Labute approximate surface area is 219 Å². The van der Waals surface area contributed by atoms with E-state index in [1.165, 1.54) is 17.0 Å². The van der Waals surface area contributed by atoms with E-state index in [2.05, 4.69) is 31.2 Å². The summed E-state index contributed by atoms with van der Waals surface area (Å²) < 4.78 is 43.2. The van der Waals surface area contributed by atoms with E-state index in [4.69, 9.17) is 19.3 Å². The average molecular weight is 532 g/mol. The van der Waals surface area contributed by atoms with Crippen LogP contribution in [0.25, 0.3) is 11.1 Å². The van der Waals surface area contributed by atoms with Crippen LogP contribution in [0.15, 0.2) is 42.5 Å². The minimum absolute atomic E-state index is 0.103. The minimum Gasteiger partial charge on any atom is -0.493 e. The van der Waals surface area contributed by atoms with Crippen LogP contribution in [0, 0.1) is 6.92 Å². The fraction of sp³-hybridized carbons (Fsp3) is 0.536. The standard InChI is InChI=1S/C28H37NO7S/c1-21-19-23(7-8-26(21)24-5-3-6-25(20-24)36-16-4-15-30)22-9-13-29(14-10-22)37(32,33)28(27(31)34-2)11-17-35-18-12-28/h3,5-8,19-20,22,30H,4,9-18H2,1-2H3. The lowest BCUT2D eigenvalue weighted by Crippen LogP contribution is -2.57. The molecule has 2 heterocycles. The smallest absolute Gasteiger partial charge is 0.328 e. The van der Waals surface area contributed by atoms with E-state index in [1.807, 2.05) is 18.2 Å². The number of aryl methyl sites for hydroxylation is 1. The van der Waals surface area contributed by atoms with Gasteiger partial charge in [0, 0.05) is 52.2 Å². The number of esters is 1. The second-order valence-electron chi connectivity index (χ2n) is 9.80. The Hall–Kier alpha value is -2.46. The molecular formula is C28H37NO7S. The van der Waals surface area contributed by atoms with Crippen molar-refractivity contribution >= 4 is 16.0 Å². The van der Waals surface area contributed by atoms with Gasteiger partial charge in [0.15, 0.2) is 4.75 Å². The van der Waals surface area contributed by atoms with Crippen LogP contribution >= 0.6 is 0 Å². The number of methoxy groups -OCH3 is 1. The first-order chi connectivity index (χ1) is 17.8. The van der Waals surface area contributed by atoms with Gasteiger partial charge in [0.05, 0.1) is 13.7 Å². The Kier molecular flexibility index (Phi) is 8.90. The first kappa shape index (κ1) is 27.6. The molecule has 0 amide bonds. The van der Waals surface area contributed by atoms with Gasteiger partial charge in [-0.05, 0) is 60.1 Å². The van der Waals surface area contributed by atoms with Gasteiger partial charge in [-0.2, -0.15) is 0 Å². The van der Waals surface area contributed by atoms with E-state index in [0.717, 1.165) is 22.4 Å². The number of piperidine rings is 1. The van der Waals surface area contributed by atoms with Crippen LogP contribution in [0.3, 0.4) is 0 Å². The fourth-order valence-electron chi connectivity index (χ4n) is 5.40. The Morgan fingerprint density at radius 3 is 2.51 bits per heavy atom. The molecule has 0 spiro atoms. The van der Waals surface area contributed by atoms with Crippen molar-refractivity contribution in [3.63, 3.8) is 0 Å².